The Morgan fingerprint density at radius 1 is 1.00 bits per heavy atom. The number of aryl methyl sites for hydroxylation is 1. The predicted molar refractivity (Wildman–Crippen MR) is 97.3 cm³/mol. The standard InChI is InChI=1S/C18H18N2O3S/c1-3-12-4-6-13(7-5-12)16(21)20-18(24)19-15-10-8-14(9-11-15)17(22)23-2/h4-11H,3H2,1-2H3,(H2,19,20,21,24). The van der Waals surface area contributed by atoms with E-state index in [1.165, 1.54) is 7.11 Å². The van der Waals surface area contributed by atoms with Gasteiger partial charge in [0.2, 0.25) is 0 Å². The van der Waals surface area contributed by atoms with Gasteiger partial charge in [-0.05, 0) is 60.6 Å². The van der Waals surface area contributed by atoms with Crippen LogP contribution in [0.3, 0.4) is 0 Å². The SMILES string of the molecule is CCc1ccc(C(=O)NC(=S)Nc2ccc(C(=O)OC)cc2)cc1. The summed E-state index contributed by atoms with van der Waals surface area (Å²) in [7, 11) is 1.33. The molecule has 0 saturated heterocycles. The molecule has 24 heavy (non-hydrogen) atoms. The number of thiocarbonyl (C=S) groups is 1. The maximum absolute atomic E-state index is 12.1. The predicted octanol–water partition coefficient (Wildman–Crippen LogP) is 3.16. The fraction of sp³-hybridized carbons (Fsp3) is 0.167. The van der Waals surface area contributed by atoms with Gasteiger partial charge in [-0.15, -0.1) is 0 Å². The van der Waals surface area contributed by atoms with Crippen LogP contribution in [-0.2, 0) is 11.2 Å². The number of amides is 1. The van der Waals surface area contributed by atoms with E-state index in [1.54, 1.807) is 36.4 Å². The maximum Gasteiger partial charge on any atom is 0.337 e. The van der Waals surface area contributed by atoms with Crippen LogP contribution in [0.15, 0.2) is 48.5 Å². The fourth-order valence-corrected chi connectivity index (χ4v) is 2.25. The second kappa shape index (κ2) is 8.21. The molecule has 0 aromatic heterocycles. The molecule has 2 aromatic rings. The molecule has 0 aliphatic heterocycles. The van der Waals surface area contributed by atoms with Gasteiger partial charge in [0, 0.05) is 11.3 Å². The third kappa shape index (κ3) is 4.63. The Hall–Kier alpha value is -2.73. The van der Waals surface area contributed by atoms with Crippen LogP contribution in [-0.4, -0.2) is 24.1 Å². The van der Waals surface area contributed by atoms with E-state index >= 15 is 0 Å². The van der Waals surface area contributed by atoms with E-state index in [9.17, 15) is 9.59 Å². The number of carbonyl (C=O) groups excluding carboxylic acids is 2. The molecule has 0 spiro atoms. The Balaban J connectivity index is 1.94. The average Bonchev–Trinajstić information content (AvgIpc) is 2.61. The molecule has 124 valence electrons. The minimum absolute atomic E-state index is 0.186. The lowest BCUT2D eigenvalue weighted by Crippen LogP contribution is -2.34. The molecule has 2 N–H and O–H groups in total. The van der Waals surface area contributed by atoms with Gasteiger partial charge in [0.05, 0.1) is 12.7 Å². The summed E-state index contributed by atoms with van der Waals surface area (Å²) in [5, 5.41) is 5.70. The lowest BCUT2D eigenvalue weighted by atomic mass is 10.1. The molecule has 2 rings (SSSR count). The zero-order valence-electron chi connectivity index (χ0n) is 13.5. The van der Waals surface area contributed by atoms with E-state index in [2.05, 4.69) is 22.3 Å². The van der Waals surface area contributed by atoms with Gasteiger partial charge in [0.1, 0.15) is 0 Å². The second-order valence-electron chi connectivity index (χ2n) is 5.03. The van der Waals surface area contributed by atoms with Gasteiger partial charge in [0.25, 0.3) is 5.91 Å². The smallest absolute Gasteiger partial charge is 0.337 e. The van der Waals surface area contributed by atoms with Crippen molar-refractivity contribution in [1.29, 1.82) is 0 Å². The first-order chi connectivity index (χ1) is 11.5. The molecule has 1 amide bonds. The van der Waals surface area contributed by atoms with Crippen LogP contribution >= 0.6 is 12.2 Å². The molecule has 0 atom stereocenters. The van der Waals surface area contributed by atoms with Crippen molar-refractivity contribution in [2.45, 2.75) is 13.3 Å². The average molecular weight is 342 g/mol. The van der Waals surface area contributed by atoms with E-state index in [0.29, 0.717) is 16.8 Å². The van der Waals surface area contributed by atoms with Gasteiger partial charge >= 0.3 is 5.97 Å². The van der Waals surface area contributed by atoms with Crippen molar-refractivity contribution in [3.63, 3.8) is 0 Å². The van der Waals surface area contributed by atoms with Crippen LogP contribution in [0.25, 0.3) is 0 Å². The lowest BCUT2D eigenvalue weighted by molar-refractivity contribution is 0.0600. The van der Waals surface area contributed by atoms with Gasteiger partial charge < -0.3 is 10.1 Å². The number of hydrogen-bond acceptors (Lipinski definition) is 4. The summed E-state index contributed by atoms with van der Waals surface area (Å²) in [5.41, 5.74) is 2.80. The highest BCUT2D eigenvalue weighted by Crippen LogP contribution is 2.10. The van der Waals surface area contributed by atoms with E-state index in [4.69, 9.17) is 12.2 Å². The number of ether oxygens (including phenoxy) is 1. The summed E-state index contributed by atoms with van der Waals surface area (Å²) in [4.78, 5) is 23.5. The summed E-state index contributed by atoms with van der Waals surface area (Å²) in [5.74, 6) is -0.686. The highest BCUT2D eigenvalue weighted by atomic mass is 32.1. The number of carbonyl (C=O) groups is 2. The molecular weight excluding hydrogens is 324 g/mol. The number of methoxy groups -OCH3 is 1. The van der Waals surface area contributed by atoms with Crippen molar-refractivity contribution in [3.05, 3.63) is 65.2 Å². The molecule has 5 nitrogen and oxygen atoms in total. The number of benzene rings is 2. The summed E-state index contributed by atoms with van der Waals surface area (Å²) in [6.45, 7) is 2.06. The second-order valence-corrected chi connectivity index (χ2v) is 5.44. The molecule has 6 heteroatoms. The van der Waals surface area contributed by atoms with Crippen LogP contribution in [0.1, 0.15) is 33.2 Å². The largest absolute Gasteiger partial charge is 0.465 e. The molecule has 0 radical (unpaired) electrons. The third-order valence-electron chi connectivity index (χ3n) is 3.42. The number of rotatable bonds is 4. The summed E-state index contributed by atoms with van der Waals surface area (Å²) >= 11 is 5.13. The topological polar surface area (TPSA) is 67.4 Å². The zero-order valence-corrected chi connectivity index (χ0v) is 14.3. The normalized spacial score (nSPS) is 9.92. The van der Waals surface area contributed by atoms with E-state index in [-0.39, 0.29) is 11.0 Å². The minimum Gasteiger partial charge on any atom is -0.465 e. The first-order valence-corrected chi connectivity index (χ1v) is 7.84. The molecule has 0 bridgehead atoms. The Morgan fingerprint density at radius 3 is 2.12 bits per heavy atom. The Morgan fingerprint density at radius 2 is 1.58 bits per heavy atom. The summed E-state index contributed by atoms with van der Waals surface area (Å²) in [6, 6.07) is 13.9. The third-order valence-corrected chi connectivity index (χ3v) is 3.62. The van der Waals surface area contributed by atoms with Crippen molar-refractivity contribution < 1.29 is 14.3 Å². The van der Waals surface area contributed by atoms with Gasteiger partial charge in [-0.2, -0.15) is 0 Å². The first kappa shape index (κ1) is 17.6. The maximum atomic E-state index is 12.1. The number of esters is 1. The zero-order chi connectivity index (χ0) is 17.5. The van der Waals surface area contributed by atoms with Crippen molar-refractivity contribution in [3.8, 4) is 0 Å². The van der Waals surface area contributed by atoms with Gasteiger partial charge in [-0.25, -0.2) is 4.79 Å². The van der Waals surface area contributed by atoms with Crippen LogP contribution in [0, 0.1) is 0 Å². The highest BCUT2D eigenvalue weighted by Gasteiger charge is 2.09. The molecule has 0 saturated carbocycles. The van der Waals surface area contributed by atoms with Crippen LogP contribution < -0.4 is 10.6 Å². The lowest BCUT2D eigenvalue weighted by Gasteiger charge is -2.10. The van der Waals surface area contributed by atoms with Gasteiger partial charge in [-0.3, -0.25) is 10.1 Å². The monoisotopic (exact) mass is 342 g/mol. The van der Waals surface area contributed by atoms with Gasteiger partial charge in [0.15, 0.2) is 5.11 Å². The van der Waals surface area contributed by atoms with Crippen molar-refractivity contribution in [1.82, 2.24) is 5.32 Å². The Labute approximate surface area is 146 Å². The van der Waals surface area contributed by atoms with Gasteiger partial charge in [-0.1, -0.05) is 19.1 Å². The van der Waals surface area contributed by atoms with E-state index < -0.39 is 5.97 Å². The molecule has 0 heterocycles. The molecule has 0 aliphatic rings. The molecule has 0 fully saturated rings. The molecule has 0 aliphatic carbocycles. The van der Waals surface area contributed by atoms with Crippen molar-refractivity contribution >= 4 is 34.9 Å². The number of anilines is 1. The fourth-order valence-electron chi connectivity index (χ4n) is 2.04. The van der Waals surface area contributed by atoms with Crippen LogP contribution in [0.2, 0.25) is 0 Å². The quantitative estimate of drug-likeness (QED) is 0.660. The van der Waals surface area contributed by atoms with Crippen molar-refractivity contribution in [2.75, 3.05) is 12.4 Å². The molecule has 2 aromatic carbocycles. The molecular formula is C18H18N2O3S. The van der Waals surface area contributed by atoms with E-state index in [1.807, 2.05) is 12.1 Å². The van der Waals surface area contributed by atoms with Crippen molar-refractivity contribution in [2.24, 2.45) is 0 Å². The highest BCUT2D eigenvalue weighted by molar-refractivity contribution is 7.80. The summed E-state index contributed by atoms with van der Waals surface area (Å²) < 4.78 is 4.63. The first-order valence-electron chi connectivity index (χ1n) is 7.43. The van der Waals surface area contributed by atoms with Crippen LogP contribution in [0.5, 0.6) is 0 Å². The Kier molecular flexibility index (Phi) is 6.03. The van der Waals surface area contributed by atoms with E-state index in [0.717, 1.165) is 12.0 Å². The summed E-state index contributed by atoms with van der Waals surface area (Å²) in [6.07, 6.45) is 0.920. The van der Waals surface area contributed by atoms with Crippen LogP contribution in [0.4, 0.5) is 5.69 Å². The molecule has 0 unspecified atom stereocenters. The number of nitrogens with one attached hydrogen (secondary N) is 2. The Bertz CT molecular complexity index is 740. The minimum atomic E-state index is -0.409. The number of hydrogen-bond donors (Lipinski definition) is 2.